The minimum atomic E-state index is -4.35. The van der Waals surface area contributed by atoms with E-state index in [-0.39, 0.29) is 55.8 Å². The first-order valence-electron chi connectivity index (χ1n) is 19.1. The van der Waals surface area contributed by atoms with E-state index in [1.165, 1.54) is 34.0 Å². The van der Waals surface area contributed by atoms with Gasteiger partial charge in [-0.3, -0.25) is 4.79 Å². The van der Waals surface area contributed by atoms with Crippen molar-refractivity contribution < 1.29 is 45.9 Å². The third-order valence-electron chi connectivity index (χ3n) is 9.85. The first-order valence-corrected chi connectivity index (χ1v) is 21.6. The van der Waals surface area contributed by atoms with Crippen molar-refractivity contribution in [2.45, 2.75) is 106 Å². The van der Waals surface area contributed by atoms with Gasteiger partial charge in [-0.1, -0.05) is 102 Å². The molecule has 0 saturated carbocycles. The fourth-order valence-corrected chi connectivity index (χ4v) is 8.33. The van der Waals surface area contributed by atoms with Gasteiger partial charge in [0.25, 0.3) is 0 Å². The van der Waals surface area contributed by atoms with Gasteiger partial charge >= 0.3 is 6.18 Å². The van der Waals surface area contributed by atoms with Crippen LogP contribution in [0.1, 0.15) is 81.1 Å². The molecule has 0 saturated heterocycles. The summed E-state index contributed by atoms with van der Waals surface area (Å²) >= 11 is 0. The zero-order chi connectivity index (χ0) is 39.4. The smallest absolute Gasteiger partial charge is 0.389 e. The number of hydrogen-bond donors (Lipinski definition) is 1. The van der Waals surface area contributed by atoms with Crippen LogP contribution in [-0.2, 0) is 31.3 Å². The minimum Gasteiger partial charge on any atom is -0.512 e. The number of carbonyl (C=O) groups is 1. The molecule has 0 bridgehead atoms. The molecule has 6 rings (SSSR count). The standard InChI is InChI=1S/C30H31N2Si.C13H21F3O2.Ir/c1-18-12-23-22-14-19(17-30(2,3)4)8-9-25(22)32-26-16-21(33(5,6)7)15-20-10-11-31-28(27(20)26)24(13-18)29(23)32;1-4-9(5-2)11(17)7-12(18)10(6-3)8-13(14,15)16;/h8-12,14-16H,17H2,1-7H3;7,9-10,17H,4-6,8H2,1-3H3;/q-1;;/b;11-7-;/i10D,11D;;. The minimum absolute atomic E-state index is 0. The van der Waals surface area contributed by atoms with Crippen LogP contribution in [0.15, 0.2) is 60.4 Å². The number of carbonyl (C=O) groups excluding carboxylic acids is 1. The number of aryl methyl sites for hydroxylation is 1. The molecule has 0 aliphatic heterocycles. The number of rotatable bonds is 9. The van der Waals surface area contributed by atoms with Gasteiger partial charge in [-0.15, -0.1) is 17.7 Å². The Bertz CT molecular complexity index is 2350. The number of nitrogens with zero attached hydrogens (tertiary/aromatic N) is 2. The van der Waals surface area contributed by atoms with Gasteiger partial charge in [0, 0.05) is 55.2 Å². The molecule has 1 N–H and O–H groups in total. The fourth-order valence-electron chi connectivity index (χ4n) is 7.19. The summed E-state index contributed by atoms with van der Waals surface area (Å²) in [5.41, 5.74) is 6.78. The third kappa shape index (κ3) is 8.74. The molecule has 0 aliphatic rings. The molecule has 1 radical (unpaired) electrons. The van der Waals surface area contributed by atoms with Crippen LogP contribution in [-0.4, -0.2) is 34.5 Å². The number of hydrogen-bond acceptors (Lipinski definition) is 3. The summed E-state index contributed by atoms with van der Waals surface area (Å²) in [7, 11) is -1.68. The van der Waals surface area contributed by atoms with Crippen LogP contribution in [0.25, 0.3) is 49.0 Å². The van der Waals surface area contributed by atoms with Gasteiger partial charge in [0.05, 0.1) is 23.0 Å². The van der Waals surface area contributed by atoms with E-state index < -0.39 is 32.4 Å². The number of aliphatic hydroxyl groups excluding tert-OH is 1. The van der Waals surface area contributed by atoms with Gasteiger partial charge in [-0.2, -0.15) is 13.2 Å². The van der Waals surface area contributed by atoms with Crippen LogP contribution in [0.3, 0.4) is 0 Å². The van der Waals surface area contributed by atoms with Gasteiger partial charge in [0.1, 0.15) is 0 Å². The van der Waals surface area contributed by atoms with Crippen LogP contribution in [0.5, 0.6) is 0 Å². The Morgan fingerprint density at radius 2 is 1.65 bits per heavy atom. The molecule has 0 aliphatic carbocycles. The van der Waals surface area contributed by atoms with E-state index in [1.54, 1.807) is 0 Å². The Kier molecular flexibility index (Phi) is 11.5. The molecule has 9 heteroatoms. The van der Waals surface area contributed by atoms with Gasteiger partial charge in [0.2, 0.25) is 0 Å². The average molecular weight is 908 g/mol. The number of allylic oxidation sites excluding steroid dienone is 2. The van der Waals surface area contributed by atoms with E-state index in [2.05, 4.69) is 99.2 Å². The number of pyridine rings is 2. The maximum absolute atomic E-state index is 12.2. The van der Waals surface area contributed by atoms with Crippen molar-refractivity contribution in [1.82, 2.24) is 9.38 Å². The van der Waals surface area contributed by atoms with Crippen molar-refractivity contribution in [3.8, 4) is 0 Å². The number of ketones is 1. The predicted octanol–water partition coefficient (Wildman–Crippen LogP) is 12.0. The first-order chi connectivity index (χ1) is 24.6. The molecule has 3 aromatic heterocycles. The van der Waals surface area contributed by atoms with Crippen LogP contribution < -0.4 is 5.19 Å². The number of benzene rings is 3. The summed E-state index contributed by atoms with van der Waals surface area (Å²) in [4.78, 5) is 16.3. The number of alkyl halides is 3. The van der Waals surface area contributed by atoms with Crippen LogP contribution in [0, 0.1) is 30.2 Å². The maximum Gasteiger partial charge on any atom is 0.389 e. The molecular formula is C43H52F3IrN2O2Si-. The summed E-state index contributed by atoms with van der Waals surface area (Å²) in [6, 6.07) is 17.4. The van der Waals surface area contributed by atoms with Gasteiger partial charge in [-0.25, -0.2) is 0 Å². The van der Waals surface area contributed by atoms with Crippen molar-refractivity contribution >= 4 is 68.0 Å². The largest absolute Gasteiger partial charge is 0.512 e. The second kappa shape index (κ2) is 15.6. The Balaban J connectivity index is 0.000000294. The molecular weight excluding hydrogens is 854 g/mol. The zero-order valence-corrected chi connectivity index (χ0v) is 35.3. The summed E-state index contributed by atoms with van der Waals surface area (Å²) in [5, 5.41) is 16.2. The molecule has 0 fully saturated rings. The normalized spacial score (nSPS) is 14.2. The van der Waals surface area contributed by atoms with E-state index in [1.807, 2.05) is 13.8 Å². The Hall–Kier alpha value is -3.26. The predicted molar refractivity (Wildman–Crippen MR) is 210 cm³/mol. The Labute approximate surface area is 323 Å². The van der Waals surface area contributed by atoms with Gasteiger partial charge in [0.15, 0.2) is 5.78 Å². The average Bonchev–Trinajstić information content (AvgIpc) is 3.36. The second-order valence-electron chi connectivity index (χ2n) is 16.3. The second-order valence-corrected chi connectivity index (χ2v) is 21.4. The number of halogens is 3. The zero-order valence-electron chi connectivity index (χ0n) is 33.9. The molecule has 0 amide bonds. The van der Waals surface area contributed by atoms with Crippen LogP contribution in [0.2, 0.25) is 19.6 Å². The van der Waals surface area contributed by atoms with E-state index in [0.29, 0.717) is 12.8 Å². The van der Waals surface area contributed by atoms with E-state index >= 15 is 0 Å². The van der Waals surface area contributed by atoms with Crippen molar-refractivity contribution in [3.63, 3.8) is 0 Å². The molecule has 281 valence electrons. The topological polar surface area (TPSA) is 54.6 Å². The molecule has 1 unspecified atom stereocenters. The molecule has 6 aromatic rings. The van der Waals surface area contributed by atoms with Crippen molar-refractivity contribution in [1.29, 1.82) is 0 Å². The molecule has 3 aromatic carbocycles. The van der Waals surface area contributed by atoms with Crippen molar-refractivity contribution in [2.24, 2.45) is 17.3 Å². The SMILES string of the molecule is CCC(CC(F)(F)F)C(=O)/C=C(\O)C(CC)CC.[2H]c1nc2c3[c-]c(C)cc4c5cc(CC(C)(C)C)ccc5n(c5cc([Si](C)(C)C)cc(c1[2H])c25)c34.[Ir]. The molecule has 0 spiro atoms. The Morgan fingerprint density at radius 1 is 1.00 bits per heavy atom. The van der Waals surface area contributed by atoms with Crippen molar-refractivity contribution in [3.05, 3.63) is 77.6 Å². The maximum atomic E-state index is 12.2. The molecule has 3 heterocycles. The molecule has 4 nitrogen and oxygen atoms in total. The fraction of sp³-hybridized carbons (Fsp3) is 0.442. The quantitative estimate of drug-likeness (QED) is 0.0393. The van der Waals surface area contributed by atoms with E-state index in [4.69, 9.17) is 2.74 Å². The summed E-state index contributed by atoms with van der Waals surface area (Å²) in [6.45, 7) is 21.2. The Morgan fingerprint density at radius 3 is 2.23 bits per heavy atom. The van der Waals surface area contributed by atoms with E-state index in [9.17, 15) is 23.1 Å². The third-order valence-corrected chi connectivity index (χ3v) is 11.9. The summed E-state index contributed by atoms with van der Waals surface area (Å²) < 4.78 is 56.4. The molecule has 52 heavy (non-hydrogen) atoms. The summed E-state index contributed by atoms with van der Waals surface area (Å²) in [5.74, 6) is -2.00. The number of fused-ring (bicyclic) bond motifs is 5. The van der Waals surface area contributed by atoms with Crippen LogP contribution in [0.4, 0.5) is 13.2 Å². The van der Waals surface area contributed by atoms with Crippen LogP contribution >= 0.6 is 0 Å². The summed E-state index contributed by atoms with van der Waals surface area (Å²) in [6.07, 6.45) is -2.04. The number of aromatic nitrogens is 2. The molecule has 1 atom stereocenters. The first kappa shape index (κ1) is 38.5. The van der Waals surface area contributed by atoms with Gasteiger partial charge < -0.3 is 14.5 Å². The number of aliphatic hydroxyl groups is 1. The monoisotopic (exact) mass is 908 g/mol. The van der Waals surface area contributed by atoms with Gasteiger partial charge in [-0.05, 0) is 82.0 Å². The van der Waals surface area contributed by atoms with Crippen molar-refractivity contribution in [2.75, 3.05) is 0 Å². The van der Waals surface area contributed by atoms with E-state index in [0.717, 1.165) is 50.8 Å².